The maximum absolute atomic E-state index is 12.7. The van der Waals surface area contributed by atoms with Gasteiger partial charge in [-0.3, -0.25) is 4.79 Å². The fourth-order valence-corrected chi connectivity index (χ4v) is 3.68. The topological polar surface area (TPSA) is 42.8 Å². The number of rotatable bonds is 6. The van der Waals surface area contributed by atoms with Gasteiger partial charge in [0.1, 0.15) is 25.7 Å². The van der Waals surface area contributed by atoms with E-state index in [0.717, 1.165) is 25.2 Å². The summed E-state index contributed by atoms with van der Waals surface area (Å²) in [5.41, 5.74) is -3.01. The normalized spacial score (nSPS) is 16.5. The summed E-state index contributed by atoms with van der Waals surface area (Å²) in [6, 6.07) is 15.0. The number of hydrogen-bond donors (Lipinski definition) is 2. The van der Waals surface area contributed by atoms with E-state index in [2.05, 4.69) is 5.32 Å². The molecular weight excluding hydrogens is 389 g/mol. The first-order valence-corrected chi connectivity index (χ1v) is 9.85. The van der Waals surface area contributed by atoms with Crippen LogP contribution in [-0.2, 0) is 4.74 Å². The lowest BCUT2D eigenvalue weighted by Crippen LogP contribution is -3.14. The van der Waals surface area contributed by atoms with E-state index < -0.39 is 5.51 Å². The fourth-order valence-electron chi connectivity index (χ4n) is 3.14. The Hall–Kier alpha value is -2.03. The van der Waals surface area contributed by atoms with Crippen molar-refractivity contribution in [2.24, 2.45) is 0 Å². The third-order valence-corrected chi connectivity index (χ3v) is 5.29. The molecule has 0 aromatic heterocycles. The molecule has 1 atom stereocenters. The molecule has 0 radical (unpaired) electrons. The van der Waals surface area contributed by atoms with Crippen LogP contribution in [0.5, 0.6) is 0 Å². The van der Waals surface area contributed by atoms with E-state index in [1.807, 2.05) is 30.3 Å². The van der Waals surface area contributed by atoms with Crippen LogP contribution in [0.1, 0.15) is 22.0 Å². The van der Waals surface area contributed by atoms with Gasteiger partial charge in [-0.2, -0.15) is 13.2 Å². The molecule has 8 heteroatoms. The Morgan fingerprint density at radius 3 is 2.32 bits per heavy atom. The second-order valence-corrected chi connectivity index (χ2v) is 7.71. The summed E-state index contributed by atoms with van der Waals surface area (Å²) >= 11 is -0.192. The molecule has 2 aromatic rings. The largest absolute Gasteiger partial charge is 0.446 e. The molecule has 1 aliphatic rings. The minimum absolute atomic E-state index is 0.0569. The predicted molar refractivity (Wildman–Crippen MR) is 101 cm³/mol. The van der Waals surface area contributed by atoms with E-state index in [-0.39, 0.29) is 28.6 Å². The average molecular weight is 411 g/mol. The van der Waals surface area contributed by atoms with Crippen molar-refractivity contribution in [1.82, 2.24) is 5.32 Å². The first-order chi connectivity index (χ1) is 13.4. The molecule has 150 valence electrons. The third-order valence-electron chi connectivity index (χ3n) is 4.55. The van der Waals surface area contributed by atoms with Gasteiger partial charge in [-0.15, -0.1) is 0 Å². The molecule has 1 amide bonds. The summed E-state index contributed by atoms with van der Waals surface area (Å²) in [6.45, 7) is 3.87. The number of morpholine rings is 1. The van der Waals surface area contributed by atoms with Gasteiger partial charge in [0.2, 0.25) is 0 Å². The zero-order valence-electron chi connectivity index (χ0n) is 15.2. The van der Waals surface area contributed by atoms with Gasteiger partial charge in [0, 0.05) is 10.5 Å². The number of amides is 1. The minimum Gasteiger partial charge on any atom is -0.370 e. The van der Waals surface area contributed by atoms with Crippen LogP contribution in [-0.4, -0.2) is 44.3 Å². The van der Waals surface area contributed by atoms with Crippen molar-refractivity contribution in [3.8, 4) is 0 Å². The van der Waals surface area contributed by atoms with E-state index in [1.165, 1.54) is 29.2 Å². The molecule has 0 saturated carbocycles. The smallest absolute Gasteiger partial charge is 0.370 e. The lowest BCUT2D eigenvalue weighted by atomic mass is 10.1. The lowest BCUT2D eigenvalue weighted by molar-refractivity contribution is -0.909. The average Bonchev–Trinajstić information content (AvgIpc) is 2.68. The molecule has 2 aromatic carbocycles. The Morgan fingerprint density at radius 2 is 1.71 bits per heavy atom. The molecule has 28 heavy (non-hydrogen) atoms. The summed E-state index contributed by atoms with van der Waals surface area (Å²) in [5, 5.41) is 3.03. The van der Waals surface area contributed by atoms with E-state index in [9.17, 15) is 18.0 Å². The highest BCUT2D eigenvalue weighted by Gasteiger charge is 2.29. The fraction of sp³-hybridized carbons (Fsp3) is 0.350. The molecule has 0 unspecified atom stereocenters. The van der Waals surface area contributed by atoms with Crippen molar-refractivity contribution < 1.29 is 27.6 Å². The highest BCUT2D eigenvalue weighted by atomic mass is 32.2. The maximum Gasteiger partial charge on any atom is 0.446 e. The zero-order valence-corrected chi connectivity index (χ0v) is 16.0. The number of quaternary nitrogens is 1. The van der Waals surface area contributed by atoms with Crippen molar-refractivity contribution in [2.45, 2.75) is 16.4 Å². The Morgan fingerprint density at radius 1 is 1.07 bits per heavy atom. The number of ether oxygens (including phenoxy) is 1. The van der Waals surface area contributed by atoms with Gasteiger partial charge in [0.25, 0.3) is 5.91 Å². The molecule has 0 bridgehead atoms. The number of halogens is 3. The highest BCUT2D eigenvalue weighted by molar-refractivity contribution is 8.00. The Balaban J connectivity index is 1.69. The van der Waals surface area contributed by atoms with Crippen LogP contribution >= 0.6 is 11.8 Å². The van der Waals surface area contributed by atoms with E-state index in [1.54, 1.807) is 0 Å². The van der Waals surface area contributed by atoms with Gasteiger partial charge < -0.3 is 15.0 Å². The summed E-state index contributed by atoms with van der Waals surface area (Å²) in [5.74, 6) is -0.301. The molecular formula is C20H22F3N2O2S+. The number of carbonyl (C=O) groups excluding carboxylic acids is 1. The Bertz CT molecular complexity index is 763. The van der Waals surface area contributed by atoms with E-state index >= 15 is 0 Å². The summed E-state index contributed by atoms with van der Waals surface area (Å²) in [6.07, 6.45) is 0. The number of hydrogen-bond acceptors (Lipinski definition) is 3. The van der Waals surface area contributed by atoms with Gasteiger partial charge in [-0.05, 0) is 41.6 Å². The molecule has 1 heterocycles. The van der Waals surface area contributed by atoms with Crippen LogP contribution < -0.4 is 10.2 Å². The predicted octanol–water partition coefficient (Wildman–Crippen LogP) is 2.68. The summed E-state index contributed by atoms with van der Waals surface area (Å²) in [7, 11) is 0. The molecule has 1 saturated heterocycles. The summed E-state index contributed by atoms with van der Waals surface area (Å²) in [4.78, 5) is 14.1. The quantitative estimate of drug-likeness (QED) is 0.719. The molecule has 2 N–H and O–H groups in total. The molecule has 1 fully saturated rings. The van der Waals surface area contributed by atoms with Crippen LogP contribution in [0.4, 0.5) is 13.2 Å². The van der Waals surface area contributed by atoms with Crippen LogP contribution in [0, 0.1) is 0 Å². The first kappa shape index (κ1) is 20.7. The number of carbonyl (C=O) groups is 1. The maximum atomic E-state index is 12.7. The van der Waals surface area contributed by atoms with Crippen molar-refractivity contribution in [3.63, 3.8) is 0 Å². The van der Waals surface area contributed by atoms with Crippen LogP contribution in [0.3, 0.4) is 0 Å². The molecule has 1 aliphatic heterocycles. The molecule has 4 nitrogen and oxygen atoms in total. The number of alkyl halides is 3. The molecule has 0 spiro atoms. The Labute approximate surface area is 166 Å². The van der Waals surface area contributed by atoms with Crippen molar-refractivity contribution in [2.75, 3.05) is 32.8 Å². The third kappa shape index (κ3) is 6.25. The minimum atomic E-state index is -4.34. The van der Waals surface area contributed by atoms with Gasteiger partial charge in [0.15, 0.2) is 0 Å². The number of thioether (sulfide) groups is 1. The first-order valence-electron chi connectivity index (χ1n) is 9.03. The highest BCUT2D eigenvalue weighted by Crippen LogP contribution is 2.36. The SMILES string of the molecule is O=C(N[C@@H](C[NH+]1CCOCC1)c1ccccc1)c1ccc(SC(F)(F)F)cc1. The van der Waals surface area contributed by atoms with Crippen molar-refractivity contribution >= 4 is 17.7 Å². The second-order valence-electron chi connectivity index (χ2n) is 6.58. The number of nitrogens with one attached hydrogen (secondary N) is 2. The number of benzene rings is 2. The second kappa shape index (κ2) is 9.45. The molecule has 3 rings (SSSR count). The summed E-state index contributed by atoms with van der Waals surface area (Å²) < 4.78 is 42.8. The van der Waals surface area contributed by atoms with Gasteiger partial charge >= 0.3 is 5.51 Å². The van der Waals surface area contributed by atoms with Gasteiger partial charge in [-0.25, -0.2) is 0 Å². The molecule has 0 aliphatic carbocycles. The monoisotopic (exact) mass is 411 g/mol. The van der Waals surface area contributed by atoms with Crippen LogP contribution in [0.25, 0.3) is 0 Å². The van der Waals surface area contributed by atoms with Gasteiger partial charge in [0.05, 0.1) is 13.2 Å². The standard InChI is InChI=1S/C20H21F3N2O2S/c21-20(22,23)28-17-8-6-16(7-9-17)19(26)24-18(15-4-2-1-3-5-15)14-25-10-12-27-13-11-25/h1-9,18H,10-14H2,(H,24,26)/p+1/t18-/m0/s1. The van der Waals surface area contributed by atoms with Crippen molar-refractivity contribution in [1.29, 1.82) is 0 Å². The lowest BCUT2D eigenvalue weighted by Gasteiger charge is -2.28. The van der Waals surface area contributed by atoms with E-state index in [0.29, 0.717) is 18.8 Å². The van der Waals surface area contributed by atoms with Gasteiger partial charge in [-0.1, -0.05) is 30.3 Å². The van der Waals surface area contributed by atoms with Crippen LogP contribution in [0.2, 0.25) is 0 Å². The van der Waals surface area contributed by atoms with E-state index in [4.69, 9.17) is 4.74 Å². The zero-order chi connectivity index (χ0) is 20.0. The Kier molecular flexibility index (Phi) is 6.98. The van der Waals surface area contributed by atoms with Crippen LogP contribution in [0.15, 0.2) is 59.5 Å². The van der Waals surface area contributed by atoms with Crippen molar-refractivity contribution in [3.05, 3.63) is 65.7 Å².